The standard InChI is InChI=1S/CH2N4.Si/c1-2-4-5-3-1;/h1H,(H,2,3,4,5);. The summed E-state index contributed by atoms with van der Waals surface area (Å²) in [5.74, 6) is 0. The number of nitrogens with zero attached hydrogens (tertiary/aromatic N) is 3. The third-order valence-electron chi connectivity index (χ3n) is 0.270. The van der Waals surface area contributed by atoms with Crippen molar-refractivity contribution in [3.05, 3.63) is 6.33 Å². The monoisotopic (exact) mass is 98.0 g/mol. The van der Waals surface area contributed by atoms with Crippen molar-refractivity contribution in [1.82, 2.24) is 20.6 Å². The summed E-state index contributed by atoms with van der Waals surface area (Å²) < 4.78 is 0. The van der Waals surface area contributed by atoms with Gasteiger partial charge in [0.1, 0.15) is 0 Å². The van der Waals surface area contributed by atoms with Gasteiger partial charge in [-0.1, -0.05) is 5.21 Å². The molecule has 0 amide bonds. The van der Waals surface area contributed by atoms with Gasteiger partial charge in [-0.3, -0.25) is 0 Å². The number of aromatic amines is 1. The fraction of sp³-hybridized carbons (Fsp3) is 0. The molecule has 0 spiro atoms. The van der Waals surface area contributed by atoms with Gasteiger partial charge in [-0.2, -0.15) is 5.21 Å². The number of hydrogen-bond acceptors (Lipinski definition) is 3. The summed E-state index contributed by atoms with van der Waals surface area (Å²) >= 11 is 0. The van der Waals surface area contributed by atoms with Crippen molar-refractivity contribution in [3.8, 4) is 0 Å². The third kappa shape index (κ3) is 0.935. The van der Waals surface area contributed by atoms with Gasteiger partial charge in [-0.25, -0.2) is 0 Å². The summed E-state index contributed by atoms with van der Waals surface area (Å²) in [4.78, 5) is 0. The quantitative estimate of drug-likeness (QED) is 0.415. The van der Waals surface area contributed by atoms with Crippen molar-refractivity contribution in [2.24, 2.45) is 0 Å². The van der Waals surface area contributed by atoms with Crippen LogP contribution in [-0.4, -0.2) is 31.6 Å². The Morgan fingerprint density at radius 2 is 2.33 bits per heavy atom. The Morgan fingerprint density at radius 1 is 1.50 bits per heavy atom. The lowest BCUT2D eigenvalue weighted by Crippen LogP contribution is -1.64. The minimum absolute atomic E-state index is 0. The third-order valence-corrected chi connectivity index (χ3v) is 0.270. The second kappa shape index (κ2) is 2.52. The summed E-state index contributed by atoms with van der Waals surface area (Å²) in [6.07, 6.45) is 1.33. The Hall–Kier alpha value is -0.713. The number of nitrogens with one attached hydrogen (secondary N) is 1. The van der Waals surface area contributed by atoms with Crippen molar-refractivity contribution < 1.29 is 0 Å². The summed E-state index contributed by atoms with van der Waals surface area (Å²) in [5.41, 5.74) is 0. The molecule has 0 saturated carbocycles. The van der Waals surface area contributed by atoms with Crippen molar-refractivity contribution in [3.63, 3.8) is 0 Å². The first-order chi connectivity index (χ1) is 2.50. The maximum absolute atomic E-state index is 3.38. The van der Waals surface area contributed by atoms with Gasteiger partial charge in [-0.05, 0) is 0 Å². The van der Waals surface area contributed by atoms with Crippen LogP contribution >= 0.6 is 0 Å². The molecule has 0 aromatic carbocycles. The van der Waals surface area contributed by atoms with Crippen molar-refractivity contribution >= 4 is 11.0 Å². The van der Waals surface area contributed by atoms with Crippen molar-refractivity contribution in [1.29, 1.82) is 0 Å². The van der Waals surface area contributed by atoms with E-state index in [1.54, 1.807) is 0 Å². The van der Waals surface area contributed by atoms with E-state index in [9.17, 15) is 0 Å². The van der Waals surface area contributed by atoms with Crippen molar-refractivity contribution in [2.45, 2.75) is 0 Å². The van der Waals surface area contributed by atoms with Crippen LogP contribution in [0.5, 0.6) is 0 Å². The molecule has 1 N–H and O–H groups in total. The summed E-state index contributed by atoms with van der Waals surface area (Å²) in [6, 6.07) is 0. The van der Waals surface area contributed by atoms with E-state index >= 15 is 0 Å². The second-order valence-corrected chi connectivity index (χ2v) is 0.560. The molecule has 0 aliphatic carbocycles. The SMILES string of the molecule is [Si].c1nn[nH]n1. The van der Waals surface area contributed by atoms with Gasteiger partial charge in [-0.15, -0.1) is 10.2 Å². The molecule has 1 aromatic heterocycles. The summed E-state index contributed by atoms with van der Waals surface area (Å²) in [6.45, 7) is 0. The highest BCUT2D eigenvalue weighted by atomic mass is 28.1. The molecule has 0 aliphatic rings. The lowest BCUT2D eigenvalue weighted by molar-refractivity contribution is 0.881. The fourth-order valence-electron chi connectivity index (χ4n) is 0.129. The van der Waals surface area contributed by atoms with Crippen LogP contribution in [0.1, 0.15) is 0 Å². The highest BCUT2D eigenvalue weighted by Gasteiger charge is 1.58. The number of tetrazole rings is 1. The Balaban J connectivity index is 0.000000250. The number of rotatable bonds is 0. The molecule has 0 aliphatic heterocycles. The van der Waals surface area contributed by atoms with Gasteiger partial charge in [0.05, 0.1) is 0 Å². The van der Waals surface area contributed by atoms with Crippen LogP contribution in [0.4, 0.5) is 0 Å². The topological polar surface area (TPSA) is 54.5 Å². The van der Waals surface area contributed by atoms with E-state index in [0.717, 1.165) is 0 Å². The molecule has 1 aromatic rings. The Labute approximate surface area is 39.0 Å². The highest BCUT2D eigenvalue weighted by Crippen LogP contribution is 1.43. The molecule has 5 heteroatoms. The van der Waals surface area contributed by atoms with Gasteiger partial charge < -0.3 is 0 Å². The van der Waals surface area contributed by atoms with Crippen LogP contribution in [0.25, 0.3) is 0 Å². The maximum Gasteiger partial charge on any atom is 0.161 e. The number of H-pyrrole nitrogens is 1. The van der Waals surface area contributed by atoms with Crippen LogP contribution in [0.3, 0.4) is 0 Å². The van der Waals surface area contributed by atoms with Crippen LogP contribution < -0.4 is 0 Å². The second-order valence-electron chi connectivity index (χ2n) is 0.560. The number of aromatic nitrogens is 4. The van der Waals surface area contributed by atoms with Gasteiger partial charge in [0, 0.05) is 11.0 Å². The largest absolute Gasteiger partial charge is 0.177 e. The zero-order chi connectivity index (χ0) is 3.54. The molecule has 4 radical (unpaired) electrons. The first-order valence-corrected chi connectivity index (χ1v) is 1.16. The van der Waals surface area contributed by atoms with E-state index in [2.05, 4.69) is 20.6 Å². The maximum atomic E-state index is 3.38. The van der Waals surface area contributed by atoms with Gasteiger partial charge in [0.2, 0.25) is 0 Å². The minimum Gasteiger partial charge on any atom is -0.177 e. The molecule has 4 nitrogen and oxygen atoms in total. The lowest BCUT2D eigenvalue weighted by Gasteiger charge is -1.44. The molecule has 30 valence electrons. The molecule has 6 heavy (non-hydrogen) atoms. The molecule has 0 unspecified atom stereocenters. The zero-order valence-electron chi connectivity index (χ0n) is 2.92. The van der Waals surface area contributed by atoms with Crippen LogP contribution in [0.15, 0.2) is 6.33 Å². The van der Waals surface area contributed by atoms with E-state index in [4.69, 9.17) is 0 Å². The molecule has 0 saturated heterocycles. The van der Waals surface area contributed by atoms with E-state index in [0.29, 0.717) is 0 Å². The smallest absolute Gasteiger partial charge is 0.161 e. The zero-order valence-corrected chi connectivity index (χ0v) is 3.92. The average Bonchev–Trinajstić information content (AvgIpc) is 1.76. The molecule has 1 heterocycles. The first-order valence-electron chi connectivity index (χ1n) is 1.16. The molecular weight excluding hydrogens is 96.1 g/mol. The average molecular weight is 98.1 g/mol. The van der Waals surface area contributed by atoms with Crippen LogP contribution in [-0.2, 0) is 0 Å². The normalized spacial score (nSPS) is 6.67. The van der Waals surface area contributed by atoms with Crippen LogP contribution in [0, 0.1) is 0 Å². The Bertz CT molecular complexity index is 64.0. The van der Waals surface area contributed by atoms with E-state index in [-0.39, 0.29) is 11.0 Å². The molecule has 1 rings (SSSR count). The van der Waals surface area contributed by atoms with Gasteiger partial charge in [0.25, 0.3) is 0 Å². The van der Waals surface area contributed by atoms with Crippen molar-refractivity contribution in [2.75, 3.05) is 0 Å². The molecule has 0 atom stereocenters. The molecular formula is CH2N4Si. The predicted octanol–water partition coefficient (Wildman–Crippen LogP) is -1.18. The van der Waals surface area contributed by atoms with E-state index < -0.39 is 0 Å². The summed E-state index contributed by atoms with van der Waals surface area (Å²) in [5, 5.41) is 12.2. The Morgan fingerprint density at radius 3 is 2.50 bits per heavy atom. The Kier molecular flexibility index (Phi) is 2.22. The van der Waals surface area contributed by atoms with Gasteiger partial charge >= 0.3 is 0 Å². The first kappa shape index (κ1) is 5.29. The van der Waals surface area contributed by atoms with E-state index in [1.807, 2.05) is 0 Å². The number of hydrogen-bond donors (Lipinski definition) is 1. The summed E-state index contributed by atoms with van der Waals surface area (Å²) in [7, 11) is 0. The minimum atomic E-state index is 0. The fourth-order valence-corrected chi connectivity index (χ4v) is 0.129. The van der Waals surface area contributed by atoms with Gasteiger partial charge in [0.15, 0.2) is 6.33 Å². The lowest BCUT2D eigenvalue weighted by atomic mass is 11.4. The van der Waals surface area contributed by atoms with E-state index in [1.165, 1.54) is 6.33 Å². The van der Waals surface area contributed by atoms with Crippen LogP contribution in [0.2, 0.25) is 0 Å². The predicted molar refractivity (Wildman–Crippen MR) is 19.9 cm³/mol. The molecule has 0 bridgehead atoms. The highest BCUT2D eigenvalue weighted by molar-refractivity contribution is 5.75. The molecule has 0 fully saturated rings.